The predicted molar refractivity (Wildman–Crippen MR) is 126 cm³/mol. The van der Waals surface area contributed by atoms with Gasteiger partial charge in [0.25, 0.3) is 0 Å². The van der Waals surface area contributed by atoms with Crippen molar-refractivity contribution < 1.29 is 23.0 Å². The molecule has 1 atom stereocenters. The molecule has 0 aliphatic carbocycles. The maximum Gasteiger partial charge on any atom is 0.337 e. The fraction of sp³-hybridized carbons (Fsp3) is 0.231. The van der Waals surface area contributed by atoms with Crippen LogP contribution < -0.4 is 14.8 Å². The molecule has 6 nitrogen and oxygen atoms in total. The van der Waals surface area contributed by atoms with Gasteiger partial charge in [0.1, 0.15) is 11.6 Å². The third kappa shape index (κ3) is 4.31. The standard InChI is InChI=1S/C26H25F2N3O3/c1-15-11-18-12-23(33-3)24(34-4)14-21(18)25(30-31(15)26(32)29-2)17-7-5-16(6-8-17)20-10-9-19(27)13-22(20)28/h5-10,12-15H,11H2,1-4H3,(H,29,32). The van der Waals surface area contributed by atoms with Crippen molar-refractivity contribution in [2.24, 2.45) is 5.10 Å². The molecular formula is C26H25F2N3O3. The fourth-order valence-corrected chi connectivity index (χ4v) is 4.08. The van der Waals surface area contributed by atoms with Crippen molar-refractivity contribution in [1.29, 1.82) is 0 Å². The topological polar surface area (TPSA) is 63.2 Å². The molecule has 34 heavy (non-hydrogen) atoms. The summed E-state index contributed by atoms with van der Waals surface area (Å²) in [5.41, 5.74) is 3.93. The van der Waals surface area contributed by atoms with E-state index in [-0.39, 0.29) is 12.1 Å². The second kappa shape index (κ2) is 9.51. The molecule has 3 aromatic carbocycles. The van der Waals surface area contributed by atoms with Gasteiger partial charge in [0, 0.05) is 29.8 Å². The fourth-order valence-electron chi connectivity index (χ4n) is 4.08. The van der Waals surface area contributed by atoms with Crippen molar-refractivity contribution in [3.63, 3.8) is 0 Å². The number of rotatable bonds is 4. The third-order valence-electron chi connectivity index (χ3n) is 5.83. The van der Waals surface area contributed by atoms with Gasteiger partial charge in [-0.1, -0.05) is 24.3 Å². The minimum Gasteiger partial charge on any atom is -0.493 e. The molecule has 0 radical (unpaired) electrons. The first-order chi connectivity index (χ1) is 16.4. The third-order valence-corrected chi connectivity index (χ3v) is 5.83. The van der Waals surface area contributed by atoms with E-state index in [1.807, 2.05) is 19.1 Å². The predicted octanol–water partition coefficient (Wildman–Crippen LogP) is 4.99. The van der Waals surface area contributed by atoms with E-state index in [2.05, 4.69) is 5.32 Å². The number of hydrogen-bond donors (Lipinski definition) is 1. The lowest BCUT2D eigenvalue weighted by Crippen LogP contribution is -2.41. The Kier molecular flexibility index (Phi) is 6.49. The number of methoxy groups -OCH3 is 2. The lowest BCUT2D eigenvalue weighted by molar-refractivity contribution is 0.184. The van der Waals surface area contributed by atoms with E-state index in [9.17, 15) is 13.6 Å². The van der Waals surface area contributed by atoms with Crippen LogP contribution in [0, 0.1) is 11.6 Å². The molecule has 1 heterocycles. The second-order valence-electron chi connectivity index (χ2n) is 7.97. The monoisotopic (exact) mass is 465 g/mol. The van der Waals surface area contributed by atoms with E-state index in [4.69, 9.17) is 14.6 Å². The van der Waals surface area contributed by atoms with Crippen LogP contribution in [0.2, 0.25) is 0 Å². The minimum atomic E-state index is -0.638. The van der Waals surface area contributed by atoms with Crippen LogP contribution >= 0.6 is 0 Å². The number of carbonyl (C=O) groups excluding carboxylic acids is 1. The molecule has 0 bridgehead atoms. The summed E-state index contributed by atoms with van der Waals surface area (Å²) in [6, 6.07) is 13.8. The van der Waals surface area contributed by atoms with E-state index >= 15 is 0 Å². The number of nitrogens with one attached hydrogen (secondary N) is 1. The second-order valence-corrected chi connectivity index (χ2v) is 7.97. The van der Waals surface area contributed by atoms with Crippen LogP contribution in [-0.2, 0) is 6.42 Å². The number of halogens is 2. The molecule has 8 heteroatoms. The molecule has 4 rings (SSSR count). The Hall–Kier alpha value is -3.94. The number of fused-ring (bicyclic) bond motifs is 1. The molecule has 0 aromatic heterocycles. The summed E-state index contributed by atoms with van der Waals surface area (Å²) in [6.45, 7) is 1.92. The molecule has 1 aliphatic heterocycles. The zero-order chi connectivity index (χ0) is 24.4. The van der Waals surface area contributed by atoms with Gasteiger partial charge in [-0.25, -0.2) is 18.6 Å². The summed E-state index contributed by atoms with van der Waals surface area (Å²) in [5, 5.41) is 8.77. The summed E-state index contributed by atoms with van der Waals surface area (Å²) in [6.07, 6.45) is 0.551. The van der Waals surface area contributed by atoms with Gasteiger partial charge in [-0.3, -0.25) is 0 Å². The van der Waals surface area contributed by atoms with Crippen molar-refractivity contribution in [3.8, 4) is 22.6 Å². The van der Waals surface area contributed by atoms with Crippen molar-refractivity contribution in [3.05, 3.63) is 82.9 Å². The quantitative estimate of drug-likeness (QED) is 0.591. The van der Waals surface area contributed by atoms with Crippen LogP contribution in [0.5, 0.6) is 11.5 Å². The van der Waals surface area contributed by atoms with E-state index in [1.54, 1.807) is 45.5 Å². The molecule has 2 amide bonds. The lowest BCUT2D eigenvalue weighted by atomic mass is 9.93. The van der Waals surface area contributed by atoms with Crippen LogP contribution in [0.4, 0.5) is 13.6 Å². The minimum absolute atomic E-state index is 0.220. The first kappa shape index (κ1) is 23.2. The van der Waals surface area contributed by atoms with Gasteiger partial charge < -0.3 is 14.8 Å². The summed E-state index contributed by atoms with van der Waals surface area (Å²) >= 11 is 0. The smallest absolute Gasteiger partial charge is 0.337 e. The normalized spacial score (nSPS) is 15.2. The molecule has 0 saturated carbocycles. The van der Waals surface area contributed by atoms with Crippen LogP contribution in [0.15, 0.2) is 59.7 Å². The number of nitrogens with zero attached hydrogens (tertiary/aromatic N) is 2. The van der Waals surface area contributed by atoms with Crippen LogP contribution in [0.25, 0.3) is 11.1 Å². The van der Waals surface area contributed by atoms with Crippen LogP contribution in [-0.4, -0.2) is 44.1 Å². The van der Waals surface area contributed by atoms with Crippen molar-refractivity contribution in [2.75, 3.05) is 21.3 Å². The summed E-state index contributed by atoms with van der Waals surface area (Å²) in [7, 11) is 4.69. The van der Waals surface area contributed by atoms with Crippen molar-refractivity contribution in [1.82, 2.24) is 10.3 Å². The Labute approximate surface area is 196 Å². The number of hydrogen-bond acceptors (Lipinski definition) is 4. The van der Waals surface area contributed by atoms with Gasteiger partial charge in [0.15, 0.2) is 11.5 Å². The van der Waals surface area contributed by atoms with Crippen molar-refractivity contribution in [2.45, 2.75) is 19.4 Å². The van der Waals surface area contributed by atoms with Gasteiger partial charge in [-0.2, -0.15) is 5.10 Å². The maximum atomic E-state index is 14.3. The highest BCUT2D eigenvalue weighted by Crippen LogP contribution is 2.35. The van der Waals surface area contributed by atoms with Gasteiger partial charge in [0.2, 0.25) is 0 Å². The van der Waals surface area contributed by atoms with E-state index in [0.717, 1.165) is 22.8 Å². The first-order valence-corrected chi connectivity index (χ1v) is 10.8. The molecule has 1 unspecified atom stereocenters. The highest BCUT2D eigenvalue weighted by Gasteiger charge is 2.28. The van der Waals surface area contributed by atoms with Crippen molar-refractivity contribution >= 4 is 11.7 Å². The molecule has 176 valence electrons. The highest BCUT2D eigenvalue weighted by molar-refractivity contribution is 6.14. The molecular weight excluding hydrogens is 440 g/mol. The van der Waals surface area contributed by atoms with E-state index in [0.29, 0.717) is 34.8 Å². The number of urea groups is 1. The zero-order valence-corrected chi connectivity index (χ0v) is 19.4. The number of benzene rings is 3. The summed E-state index contributed by atoms with van der Waals surface area (Å²) in [5.74, 6) is -0.139. The summed E-state index contributed by atoms with van der Waals surface area (Å²) < 4.78 is 38.6. The Balaban J connectivity index is 1.85. The largest absolute Gasteiger partial charge is 0.493 e. The van der Waals surface area contributed by atoms with Gasteiger partial charge in [-0.15, -0.1) is 0 Å². The van der Waals surface area contributed by atoms with E-state index in [1.165, 1.54) is 17.1 Å². The zero-order valence-electron chi connectivity index (χ0n) is 19.4. The molecule has 3 aromatic rings. The summed E-state index contributed by atoms with van der Waals surface area (Å²) in [4.78, 5) is 12.6. The number of ether oxygens (including phenoxy) is 2. The molecule has 1 aliphatic rings. The average molecular weight is 466 g/mol. The number of hydrazone groups is 1. The molecule has 0 spiro atoms. The number of amides is 2. The highest BCUT2D eigenvalue weighted by atomic mass is 19.1. The maximum absolute atomic E-state index is 14.3. The van der Waals surface area contributed by atoms with E-state index < -0.39 is 11.6 Å². The molecule has 0 fully saturated rings. The number of carbonyl (C=O) groups is 1. The van der Waals surface area contributed by atoms with Gasteiger partial charge in [0.05, 0.1) is 26.0 Å². The molecule has 1 N–H and O–H groups in total. The first-order valence-electron chi connectivity index (χ1n) is 10.8. The Morgan fingerprint density at radius 2 is 1.62 bits per heavy atom. The molecule has 0 saturated heterocycles. The van der Waals surface area contributed by atoms with Gasteiger partial charge >= 0.3 is 6.03 Å². The van der Waals surface area contributed by atoms with Crippen LogP contribution in [0.1, 0.15) is 23.6 Å². The Bertz CT molecular complexity index is 1260. The SMILES string of the molecule is CNC(=O)N1N=C(c2ccc(-c3ccc(F)cc3F)cc2)c2cc(OC)c(OC)cc2CC1C. The Morgan fingerprint density at radius 3 is 2.24 bits per heavy atom. The van der Waals surface area contributed by atoms with Crippen LogP contribution in [0.3, 0.4) is 0 Å². The average Bonchev–Trinajstić information content (AvgIpc) is 2.98. The Morgan fingerprint density at radius 1 is 0.971 bits per heavy atom. The lowest BCUT2D eigenvalue weighted by Gasteiger charge is -2.22. The van der Waals surface area contributed by atoms with Gasteiger partial charge in [-0.05, 0) is 48.7 Å².